The van der Waals surface area contributed by atoms with Crippen molar-refractivity contribution in [2.24, 2.45) is 0 Å². The number of nitrogens with zero attached hydrogens (tertiary/aromatic N) is 4. The maximum Gasteiger partial charge on any atom is 0.263 e. The number of carbonyl (C=O) groups excluding carboxylic acids is 1. The monoisotopic (exact) mass is 451 g/mol. The van der Waals surface area contributed by atoms with Gasteiger partial charge in [-0.3, -0.25) is 4.79 Å². The van der Waals surface area contributed by atoms with E-state index in [1.165, 1.54) is 4.88 Å². The van der Waals surface area contributed by atoms with E-state index in [-0.39, 0.29) is 12.0 Å². The van der Waals surface area contributed by atoms with Gasteiger partial charge in [0.25, 0.3) is 5.91 Å². The third kappa shape index (κ3) is 4.98. The van der Waals surface area contributed by atoms with Crippen LogP contribution >= 0.6 is 11.3 Å². The number of likely N-dealkylation sites (N-methyl/N-ethyl adjacent to an activating group) is 1. The molecule has 2 aromatic heterocycles. The zero-order valence-electron chi connectivity index (χ0n) is 18.7. The first-order valence-corrected chi connectivity index (χ1v) is 11.7. The number of hydrogen-bond donors (Lipinski definition) is 1. The fourth-order valence-corrected chi connectivity index (χ4v) is 4.63. The fourth-order valence-electron chi connectivity index (χ4n) is 3.82. The van der Waals surface area contributed by atoms with E-state index in [4.69, 9.17) is 4.74 Å². The molecule has 1 amide bonds. The maximum absolute atomic E-state index is 13.3. The molecule has 1 aliphatic rings. The normalized spacial score (nSPS) is 14.9. The van der Waals surface area contributed by atoms with Gasteiger partial charge in [0.15, 0.2) is 0 Å². The standard InChI is InChI=1S/C24H29N5O2S/c1-17-26-15-20-23(27-17)28(3)11-12-29(24(20)30)19-7-4-6-18(14-19)16-31-21(9-10-25-2)22-8-5-13-32-22/h4-8,13-15,21,25H,9-12,16H2,1-3H3. The van der Waals surface area contributed by atoms with Crippen molar-refractivity contribution in [3.05, 3.63) is 69.8 Å². The summed E-state index contributed by atoms with van der Waals surface area (Å²) in [5.41, 5.74) is 2.43. The predicted octanol–water partition coefficient (Wildman–Crippen LogP) is 3.81. The van der Waals surface area contributed by atoms with Gasteiger partial charge in [0.2, 0.25) is 0 Å². The Kier molecular flexibility index (Phi) is 7.14. The van der Waals surface area contributed by atoms with Gasteiger partial charge in [0.1, 0.15) is 17.2 Å². The van der Waals surface area contributed by atoms with Crippen LogP contribution < -0.4 is 15.1 Å². The number of ether oxygens (including phenoxy) is 1. The van der Waals surface area contributed by atoms with Crippen molar-refractivity contribution >= 4 is 28.7 Å². The van der Waals surface area contributed by atoms with Crippen LogP contribution in [0.5, 0.6) is 0 Å². The van der Waals surface area contributed by atoms with E-state index in [0.717, 1.165) is 24.2 Å². The predicted molar refractivity (Wildman–Crippen MR) is 129 cm³/mol. The molecule has 32 heavy (non-hydrogen) atoms. The molecule has 1 aromatic carbocycles. The summed E-state index contributed by atoms with van der Waals surface area (Å²) in [4.78, 5) is 27.1. The second-order valence-corrected chi connectivity index (χ2v) is 8.89. The molecule has 1 unspecified atom stereocenters. The van der Waals surface area contributed by atoms with Crippen LogP contribution in [0.1, 0.15) is 39.1 Å². The number of nitrogens with one attached hydrogen (secondary N) is 1. The van der Waals surface area contributed by atoms with E-state index in [9.17, 15) is 4.79 Å². The Balaban J connectivity index is 1.52. The van der Waals surface area contributed by atoms with Gasteiger partial charge in [-0.1, -0.05) is 18.2 Å². The minimum absolute atomic E-state index is 0.0480. The van der Waals surface area contributed by atoms with Gasteiger partial charge in [0, 0.05) is 36.9 Å². The van der Waals surface area contributed by atoms with Crippen molar-refractivity contribution < 1.29 is 9.53 Å². The highest BCUT2D eigenvalue weighted by molar-refractivity contribution is 7.10. The van der Waals surface area contributed by atoms with Gasteiger partial charge in [-0.15, -0.1) is 11.3 Å². The molecule has 3 heterocycles. The molecule has 0 saturated heterocycles. The van der Waals surface area contributed by atoms with E-state index in [2.05, 4.69) is 32.8 Å². The summed E-state index contributed by atoms with van der Waals surface area (Å²) < 4.78 is 6.29. The second-order valence-electron chi connectivity index (χ2n) is 7.91. The molecule has 168 valence electrons. The van der Waals surface area contributed by atoms with Crippen LogP contribution in [0.3, 0.4) is 0 Å². The van der Waals surface area contributed by atoms with Crippen molar-refractivity contribution in [2.45, 2.75) is 26.1 Å². The molecule has 4 rings (SSSR count). The number of fused-ring (bicyclic) bond motifs is 1. The Morgan fingerprint density at radius 1 is 1.25 bits per heavy atom. The number of amides is 1. The third-order valence-electron chi connectivity index (χ3n) is 5.58. The minimum atomic E-state index is -0.0760. The molecule has 1 N–H and O–H groups in total. The Labute approximate surface area is 193 Å². The fraction of sp³-hybridized carbons (Fsp3) is 0.375. The molecule has 3 aromatic rings. The van der Waals surface area contributed by atoms with Gasteiger partial charge >= 0.3 is 0 Å². The van der Waals surface area contributed by atoms with Crippen LogP contribution in [-0.2, 0) is 11.3 Å². The van der Waals surface area contributed by atoms with Crippen LogP contribution in [0.4, 0.5) is 11.5 Å². The summed E-state index contributed by atoms with van der Waals surface area (Å²) in [6.45, 7) is 4.49. The first-order valence-electron chi connectivity index (χ1n) is 10.8. The lowest BCUT2D eigenvalue weighted by atomic mass is 10.1. The molecule has 0 spiro atoms. The highest BCUT2D eigenvalue weighted by atomic mass is 32.1. The second kappa shape index (κ2) is 10.2. The molecule has 0 aliphatic carbocycles. The Bertz CT molecular complexity index is 1060. The summed E-state index contributed by atoms with van der Waals surface area (Å²) in [6, 6.07) is 12.2. The van der Waals surface area contributed by atoms with Gasteiger partial charge < -0.3 is 19.9 Å². The summed E-state index contributed by atoms with van der Waals surface area (Å²) in [5.74, 6) is 1.27. The van der Waals surface area contributed by atoms with Crippen LogP contribution in [-0.4, -0.2) is 49.6 Å². The molecule has 0 radical (unpaired) electrons. The first-order chi connectivity index (χ1) is 15.6. The van der Waals surface area contributed by atoms with Crippen molar-refractivity contribution in [3.63, 3.8) is 0 Å². The Morgan fingerprint density at radius 2 is 2.12 bits per heavy atom. The highest BCUT2D eigenvalue weighted by Crippen LogP contribution is 2.29. The van der Waals surface area contributed by atoms with Crippen molar-refractivity contribution in [3.8, 4) is 0 Å². The SMILES string of the molecule is CNCCC(OCc1cccc(N2CCN(C)c3nc(C)ncc3C2=O)c1)c1cccs1. The average Bonchev–Trinajstić information content (AvgIpc) is 3.30. The molecular weight excluding hydrogens is 422 g/mol. The minimum Gasteiger partial charge on any atom is -0.368 e. The van der Waals surface area contributed by atoms with Gasteiger partial charge in [-0.05, 0) is 56.1 Å². The van der Waals surface area contributed by atoms with Gasteiger partial charge in [-0.25, -0.2) is 9.97 Å². The number of thiophene rings is 1. The lowest BCUT2D eigenvalue weighted by molar-refractivity contribution is 0.0367. The lowest BCUT2D eigenvalue weighted by Gasteiger charge is -2.22. The lowest BCUT2D eigenvalue weighted by Crippen LogP contribution is -2.33. The van der Waals surface area contributed by atoms with Crippen LogP contribution in [0.25, 0.3) is 0 Å². The zero-order valence-corrected chi connectivity index (χ0v) is 19.6. The molecule has 1 aliphatic heterocycles. The van der Waals surface area contributed by atoms with Crippen molar-refractivity contribution in [1.29, 1.82) is 0 Å². The summed E-state index contributed by atoms with van der Waals surface area (Å²) in [7, 11) is 3.91. The van der Waals surface area contributed by atoms with Crippen molar-refractivity contribution in [1.82, 2.24) is 15.3 Å². The van der Waals surface area contributed by atoms with E-state index >= 15 is 0 Å². The summed E-state index contributed by atoms with van der Waals surface area (Å²) >= 11 is 1.72. The first kappa shape index (κ1) is 22.4. The van der Waals surface area contributed by atoms with E-state index in [0.29, 0.717) is 36.9 Å². The Morgan fingerprint density at radius 3 is 2.91 bits per heavy atom. The number of carbonyl (C=O) groups is 1. The number of anilines is 2. The third-order valence-corrected chi connectivity index (χ3v) is 6.54. The quantitative estimate of drug-likeness (QED) is 0.562. The van der Waals surface area contributed by atoms with Gasteiger partial charge in [-0.2, -0.15) is 0 Å². The smallest absolute Gasteiger partial charge is 0.263 e. The number of rotatable bonds is 8. The van der Waals surface area contributed by atoms with E-state index < -0.39 is 0 Å². The number of aryl methyl sites for hydroxylation is 1. The van der Waals surface area contributed by atoms with Crippen LogP contribution in [0.15, 0.2) is 48.0 Å². The summed E-state index contributed by atoms with van der Waals surface area (Å²) in [5, 5.41) is 5.28. The van der Waals surface area contributed by atoms with Gasteiger partial charge in [0.05, 0.1) is 12.7 Å². The summed E-state index contributed by atoms with van der Waals surface area (Å²) in [6.07, 6.45) is 2.59. The molecular formula is C24H29N5O2S. The molecule has 0 fully saturated rings. The number of hydrogen-bond acceptors (Lipinski definition) is 7. The maximum atomic E-state index is 13.3. The van der Waals surface area contributed by atoms with E-state index in [1.807, 2.05) is 55.1 Å². The number of benzene rings is 1. The molecule has 1 atom stereocenters. The highest BCUT2D eigenvalue weighted by Gasteiger charge is 2.27. The Hall–Kier alpha value is -2.81. The van der Waals surface area contributed by atoms with E-state index in [1.54, 1.807) is 17.5 Å². The average molecular weight is 452 g/mol. The molecule has 8 heteroatoms. The molecule has 0 bridgehead atoms. The topological polar surface area (TPSA) is 70.6 Å². The van der Waals surface area contributed by atoms with Crippen LogP contribution in [0, 0.1) is 6.92 Å². The van der Waals surface area contributed by atoms with Crippen LogP contribution in [0.2, 0.25) is 0 Å². The molecule has 0 saturated carbocycles. The zero-order chi connectivity index (χ0) is 22.5. The van der Waals surface area contributed by atoms with Crippen molar-refractivity contribution in [2.75, 3.05) is 43.5 Å². The number of aromatic nitrogens is 2. The largest absolute Gasteiger partial charge is 0.368 e. The molecule has 7 nitrogen and oxygen atoms in total.